The van der Waals surface area contributed by atoms with E-state index >= 15 is 0 Å². The number of benzene rings is 1. The van der Waals surface area contributed by atoms with Crippen molar-refractivity contribution in [2.24, 2.45) is 0 Å². The van der Waals surface area contributed by atoms with E-state index in [2.05, 4.69) is 5.32 Å². The second-order valence-corrected chi connectivity index (χ2v) is 3.65. The molecule has 0 radical (unpaired) electrons. The van der Waals surface area contributed by atoms with Crippen molar-refractivity contribution in [3.8, 4) is 0 Å². The molecule has 0 heterocycles. The van der Waals surface area contributed by atoms with Crippen LogP contribution >= 0.6 is 0 Å². The summed E-state index contributed by atoms with van der Waals surface area (Å²) in [5.41, 5.74) is -1.48. The number of halogens is 2. The van der Waals surface area contributed by atoms with Gasteiger partial charge < -0.3 is 15.5 Å². The molecule has 1 aromatic rings. The molecule has 18 heavy (non-hydrogen) atoms. The van der Waals surface area contributed by atoms with Gasteiger partial charge in [-0.25, -0.2) is 4.39 Å². The average molecular weight is 262 g/mol. The van der Waals surface area contributed by atoms with Crippen LogP contribution in [0.5, 0.6) is 0 Å². The Morgan fingerprint density at radius 3 is 2.50 bits per heavy atom. The van der Waals surface area contributed by atoms with Gasteiger partial charge in [0.1, 0.15) is 11.9 Å². The summed E-state index contributed by atoms with van der Waals surface area (Å²) in [4.78, 5) is 9.46. The summed E-state index contributed by atoms with van der Waals surface area (Å²) in [7, 11) is 1.50. The molecule has 6 nitrogen and oxygen atoms in total. The van der Waals surface area contributed by atoms with E-state index in [1.54, 1.807) is 0 Å². The summed E-state index contributed by atoms with van der Waals surface area (Å²) in [6.45, 7) is -0.0498. The number of hydrogen-bond acceptors (Lipinski definition) is 5. The van der Waals surface area contributed by atoms with E-state index in [1.807, 2.05) is 0 Å². The SMILES string of the molecule is CNCC(O)C(O)c1cc([N+](=O)[O-])c(F)cc1F. The monoisotopic (exact) mass is 262 g/mol. The van der Waals surface area contributed by atoms with Gasteiger partial charge in [0.15, 0.2) is 0 Å². The molecule has 8 heteroatoms. The van der Waals surface area contributed by atoms with Gasteiger partial charge in [-0.3, -0.25) is 10.1 Å². The zero-order chi connectivity index (χ0) is 13.9. The number of nitrogens with zero attached hydrogens (tertiary/aromatic N) is 1. The normalized spacial score (nSPS) is 14.3. The fourth-order valence-corrected chi connectivity index (χ4v) is 1.45. The van der Waals surface area contributed by atoms with E-state index in [4.69, 9.17) is 0 Å². The lowest BCUT2D eigenvalue weighted by Crippen LogP contribution is -2.30. The number of nitro benzene ring substituents is 1. The molecule has 0 aliphatic rings. The van der Waals surface area contributed by atoms with Gasteiger partial charge in [0.25, 0.3) is 0 Å². The molecular weight excluding hydrogens is 250 g/mol. The van der Waals surface area contributed by atoms with Crippen molar-refractivity contribution in [3.05, 3.63) is 39.4 Å². The molecule has 0 saturated carbocycles. The minimum atomic E-state index is -1.68. The lowest BCUT2D eigenvalue weighted by Gasteiger charge is -2.18. The maximum Gasteiger partial charge on any atom is 0.305 e. The Bertz CT molecular complexity index is 456. The molecule has 0 aliphatic heterocycles. The van der Waals surface area contributed by atoms with Gasteiger partial charge in [-0.1, -0.05) is 0 Å². The largest absolute Gasteiger partial charge is 0.389 e. The van der Waals surface area contributed by atoms with Crippen LogP contribution in [-0.2, 0) is 0 Å². The van der Waals surface area contributed by atoms with E-state index in [9.17, 15) is 29.1 Å². The third kappa shape index (κ3) is 2.97. The van der Waals surface area contributed by atoms with Crippen molar-refractivity contribution in [1.82, 2.24) is 5.32 Å². The number of aliphatic hydroxyl groups is 2. The second kappa shape index (κ2) is 5.80. The maximum atomic E-state index is 13.4. The summed E-state index contributed by atoms with van der Waals surface area (Å²) in [6.07, 6.45) is -3.05. The number of hydrogen-bond donors (Lipinski definition) is 3. The van der Waals surface area contributed by atoms with Crippen molar-refractivity contribution >= 4 is 5.69 Å². The maximum absolute atomic E-state index is 13.4. The fraction of sp³-hybridized carbons (Fsp3) is 0.400. The Kier molecular flexibility index (Phi) is 4.65. The minimum Gasteiger partial charge on any atom is -0.389 e. The highest BCUT2D eigenvalue weighted by Crippen LogP contribution is 2.27. The van der Waals surface area contributed by atoms with Gasteiger partial charge in [-0.2, -0.15) is 4.39 Å². The fourth-order valence-electron chi connectivity index (χ4n) is 1.45. The van der Waals surface area contributed by atoms with Gasteiger partial charge in [0.2, 0.25) is 5.82 Å². The Balaban J connectivity index is 3.15. The van der Waals surface area contributed by atoms with Crippen LogP contribution in [0.3, 0.4) is 0 Å². The van der Waals surface area contributed by atoms with Gasteiger partial charge in [0, 0.05) is 24.2 Å². The molecule has 2 unspecified atom stereocenters. The quantitative estimate of drug-likeness (QED) is 0.530. The highest BCUT2D eigenvalue weighted by atomic mass is 19.1. The summed E-state index contributed by atoms with van der Waals surface area (Å²) in [5, 5.41) is 32.1. The van der Waals surface area contributed by atoms with Crippen LogP contribution < -0.4 is 5.32 Å². The lowest BCUT2D eigenvalue weighted by atomic mass is 10.0. The third-order valence-electron chi connectivity index (χ3n) is 2.36. The molecule has 3 N–H and O–H groups in total. The molecule has 100 valence electrons. The molecular formula is C10H12F2N2O4. The van der Waals surface area contributed by atoms with Gasteiger partial charge in [-0.05, 0) is 7.05 Å². The van der Waals surface area contributed by atoms with Crippen LogP contribution in [0.25, 0.3) is 0 Å². The minimum absolute atomic E-state index is 0.0498. The predicted octanol–water partition coefficient (Wildman–Crippen LogP) is 0.487. The Labute approximate surface area is 101 Å². The van der Waals surface area contributed by atoms with Crippen molar-refractivity contribution in [1.29, 1.82) is 0 Å². The number of nitrogens with one attached hydrogen (secondary N) is 1. The standard InChI is InChI=1S/C10H12F2N2O4/c1-13-4-9(15)10(16)5-2-8(14(17)18)7(12)3-6(5)11/h2-3,9-10,13,15-16H,4H2,1H3. The molecule has 0 aliphatic carbocycles. The van der Waals surface area contributed by atoms with Crippen molar-refractivity contribution in [2.75, 3.05) is 13.6 Å². The van der Waals surface area contributed by atoms with Gasteiger partial charge in [-0.15, -0.1) is 0 Å². The molecule has 0 spiro atoms. The van der Waals surface area contributed by atoms with Crippen LogP contribution in [0.4, 0.5) is 14.5 Å². The average Bonchev–Trinajstić information content (AvgIpc) is 2.28. The predicted molar refractivity (Wildman–Crippen MR) is 57.9 cm³/mol. The molecule has 1 rings (SSSR count). The first-order valence-electron chi connectivity index (χ1n) is 5.02. The van der Waals surface area contributed by atoms with Gasteiger partial charge in [0.05, 0.1) is 11.0 Å². The van der Waals surface area contributed by atoms with E-state index in [-0.39, 0.29) is 6.54 Å². The van der Waals surface area contributed by atoms with Crippen LogP contribution in [0, 0.1) is 21.7 Å². The Morgan fingerprint density at radius 1 is 1.39 bits per heavy atom. The summed E-state index contributed by atoms with van der Waals surface area (Å²) in [6, 6.07) is 0.886. The molecule has 2 atom stereocenters. The highest BCUT2D eigenvalue weighted by molar-refractivity contribution is 5.38. The first-order valence-corrected chi connectivity index (χ1v) is 5.02. The first-order chi connectivity index (χ1) is 8.38. The van der Waals surface area contributed by atoms with Crippen molar-refractivity contribution in [3.63, 3.8) is 0 Å². The zero-order valence-electron chi connectivity index (χ0n) is 9.43. The zero-order valence-corrected chi connectivity index (χ0v) is 9.43. The van der Waals surface area contributed by atoms with E-state index in [1.165, 1.54) is 7.05 Å². The lowest BCUT2D eigenvalue weighted by molar-refractivity contribution is -0.387. The number of nitro groups is 1. The van der Waals surface area contributed by atoms with Crippen LogP contribution in [0.2, 0.25) is 0 Å². The number of rotatable bonds is 5. The third-order valence-corrected chi connectivity index (χ3v) is 2.36. The van der Waals surface area contributed by atoms with Crippen molar-refractivity contribution < 1.29 is 23.9 Å². The topological polar surface area (TPSA) is 95.6 Å². The van der Waals surface area contributed by atoms with E-state index in [0.29, 0.717) is 12.1 Å². The molecule has 0 amide bonds. The molecule has 0 fully saturated rings. The van der Waals surface area contributed by atoms with Crippen LogP contribution in [-0.4, -0.2) is 34.8 Å². The molecule has 0 aromatic heterocycles. The van der Waals surface area contributed by atoms with E-state index < -0.39 is 40.0 Å². The van der Waals surface area contributed by atoms with Crippen LogP contribution in [0.1, 0.15) is 11.7 Å². The van der Waals surface area contributed by atoms with Crippen LogP contribution in [0.15, 0.2) is 12.1 Å². The van der Waals surface area contributed by atoms with Crippen molar-refractivity contribution in [2.45, 2.75) is 12.2 Å². The Morgan fingerprint density at radius 2 is 2.00 bits per heavy atom. The van der Waals surface area contributed by atoms with E-state index in [0.717, 1.165) is 0 Å². The molecule has 1 aromatic carbocycles. The number of aliphatic hydroxyl groups excluding tert-OH is 2. The smallest absolute Gasteiger partial charge is 0.305 e. The Hall–Kier alpha value is -1.64. The van der Waals surface area contributed by atoms with Gasteiger partial charge >= 0.3 is 5.69 Å². The highest BCUT2D eigenvalue weighted by Gasteiger charge is 2.26. The number of likely N-dealkylation sites (N-methyl/N-ethyl adjacent to an activating group) is 1. The summed E-state index contributed by atoms with van der Waals surface area (Å²) >= 11 is 0. The first kappa shape index (κ1) is 14.4. The molecule has 0 bridgehead atoms. The second-order valence-electron chi connectivity index (χ2n) is 3.65. The molecule has 0 saturated heterocycles. The summed E-state index contributed by atoms with van der Waals surface area (Å²) < 4.78 is 26.4. The summed E-state index contributed by atoms with van der Waals surface area (Å²) in [5.74, 6) is -2.49.